The van der Waals surface area contributed by atoms with Crippen molar-refractivity contribution in [3.63, 3.8) is 0 Å². The van der Waals surface area contributed by atoms with Crippen LogP contribution in [0.2, 0.25) is 0 Å². The predicted octanol–water partition coefficient (Wildman–Crippen LogP) is 4.16. The fraction of sp³-hybridized carbons (Fsp3) is 0.725. The Morgan fingerprint density at radius 3 is 2.30 bits per heavy atom. The Morgan fingerprint density at radius 1 is 0.968 bits per heavy atom. The van der Waals surface area contributed by atoms with E-state index in [0.29, 0.717) is 18.4 Å². The number of likely N-dealkylation sites (tertiary alicyclic amines) is 1. The molecule has 6 aliphatic carbocycles. The summed E-state index contributed by atoms with van der Waals surface area (Å²) < 4.78 is 25.7. The van der Waals surface area contributed by atoms with Crippen molar-refractivity contribution in [2.24, 2.45) is 46.3 Å². The van der Waals surface area contributed by atoms with Gasteiger partial charge in [0.2, 0.25) is 5.78 Å². The number of hydrogen-bond acceptors (Lipinski definition) is 10. The number of aliphatic hydroxyl groups is 2. The van der Waals surface area contributed by atoms with E-state index >= 15 is 0 Å². The Labute approximate surface area is 385 Å². The second-order valence-electron chi connectivity index (χ2n) is 21.6. The summed E-state index contributed by atoms with van der Waals surface area (Å²) in [6, 6.07) is 9.33. The standard InChI is InChI=1S/C32H44O7.C19H28NO3.BrH/c1-18(2)28(36)37-17-25(35)32-26(38-29(39-32)19-8-6-5-7-9-19)15-23-22-11-10-20-14-21(33)12-13-30(20,3)27(22)24(34)16-31(23,32)4;1-20(2)13-12-17(14-20)23-18(21)19(22,16-10-6-7-11-16)15-8-4-3-5-9-15;/h12-14,18-19,22-24,26-27,29,34H,5-11,15-17H2,1-4H3;3-5,8-9,16-17,22H,6-7,10-14H2,1-2H3;1H/q;+1;/p-1/t22-,23-,24-,26+,27+,29+,30-,31-,32+;;/m0../s1. The fourth-order valence-corrected chi connectivity index (χ4v) is 13.7. The number of Topliss-reactive ketones (excluding diaryl/α,β-unsaturated/α-hetero) is 1. The molecule has 8 aliphatic rings. The van der Waals surface area contributed by atoms with Crippen molar-refractivity contribution < 1.29 is 69.8 Å². The molecular weight excluding hydrogens is 866 g/mol. The van der Waals surface area contributed by atoms with Crippen LogP contribution in [0.5, 0.6) is 0 Å². The van der Waals surface area contributed by atoms with Crippen LogP contribution in [0.25, 0.3) is 0 Å². The highest BCUT2D eigenvalue weighted by Crippen LogP contribution is 2.70. The van der Waals surface area contributed by atoms with Gasteiger partial charge >= 0.3 is 11.9 Å². The topological polar surface area (TPSA) is 146 Å². The summed E-state index contributed by atoms with van der Waals surface area (Å²) in [5, 5.41) is 23.2. The van der Waals surface area contributed by atoms with Gasteiger partial charge in [0.05, 0.1) is 38.8 Å². The summed E-state index contributed by atoms with van der Waals surface area (Å²) in [6.07, 6.45) is 16.8. The Kier molecular flexibility index (Phi) is 14.2. The van der Waals surface area contributed by atoms with Crippen molar-refractivity contribution in [1.82, 2.24) is 0 Å². The SMILES string of the molecule is CC(C)C(=O)OCC(=O)[C@@]12O[C@H](C3CCCCC3)O[C@@H]1C[C@H]1[C@@H]3CCC4=CC(=O)C=C[C@]4(C)[C@H]3[C@@H](O)C[C@@]12C.C[N+]1(C)CCC(OC(=O)C(O)(c2ccccc2)C2CCCC2)C1.[Br-]. The van der Waals surface area contributed by atoms with E-state index in [1.807, 2.05) is 36.4 Å². The summed E-state index contributed by atoms with van der Waals surface area (Å²) in [4.78, 5) is 51.7. The normalized spacial score (nSPS) is 37.8. The number of hydrogen-bond donors (Lipinski definition) is 2. The van der Waals surface area contributed by atoms with Gasteiger partial charge in [0.1, 0.15) is 6.54 Å². The van der Waals surface area contributed by atoms with E-state index in [9.17, 15) is 29.4 Å². The number of carbonyl (C=O) groups is 4. The van der Waals surface area contributed by atoms with E-state index in [0.717, 1.165) is 93.8 Å². The van der Waals surface area contributed by atoms with E-state index in [4.69, 9.17) is 18.9 Å². The molecule has 63 heavy (non-hydrogen) atoms. The maximum atomic E-state index is 14.2. The summed E-state index contributed by atoms with van der Waals surface area (Å²) in [5.74, 6) is -0.967. The predicted molar refractivity (Wildman–Crippen MR) is 232 cm³/mol. The van der Waals surface area contributed by atoms with Crippen molar-refractivity contribution in [3.8, 4) is 0 Å². The zero-order chi connectivity index (χ0) is 44.2. The Morgan fingerprint density at radius 2 is 1.65 bits per heavy atom. The first-order chi connectivity index (χ1) is 29.4. The van der Waals surface area contributed by atoms with Crippen LogP contribution >= 0.6 is 0 Å². The number of allylic oxidation sites excluding steroid dienone is 4. The summed E-state index contributed by atoms with van der Waals surface area (Å²) in [5.41, 5.74) is -2.02. The van der Waals surface area contributed by atoms with Crippen LogP contribution in [0.3, 0.4) is 0 Å². The Bertz CT molecular complexity index is 1920. The highest BCUT2D eigenvalue weighted by Gasteiger charge is 2.76. The molecule has 11 nitrogen and oxygen atoms in total. The van der Waals surface area contributed by atoms with Gasteiger partial charge in [-0.15, -0.1) is 0 Å². The molecule has 2 saturated heterocycles. The minimum absolute atomic E-state index is 0. The van der Waals surface area contributed by atoms with Crippen LogP contribution in [0.1, 0.15) is 123 Å². The average Bonchev–Trinajstić information content (AvgIpc) is 4.05. The molecule has 2 heterocycles. The molecular formula is C51H72BrNO10. The van der Waals surface area contributed by atoms with Gasteiger partial charge in [-0.2, -0.15) is 0 Å². The average molecular weight is 939 g/mol. The fourth-order valence-electron chi connectivity index (χ4n) is 13.7. The van der Waals surface area contributed by atoms with E-state index in [2.05, 4.69) is 27.9 Å². The minimum Gasteiger partial charge on any atom is -1.00 e. The molecule has 9 rings (SSSR count). The van der Waals surface area contributed by atoms with Gasteiger partial charge in [0.25, 0.3) is 0 Å². The van der Waals surface area contributed by atoms with Crippen LogP contribution < -0.4 is 17.0 Å². The second kappa shape index (κ2) is 18.5. The molecule has 0 aromatic heterocycles. The van der Waals surface area contributed by atoms with Crippen molar-refractivity contribution in [2.45, 2.75) is 153 Å². The van der Waals surface area contributed by atoms with Gasteiger partial charge in [-0.3, -0.25) is 14.4 Å². The number of quaternary nitrogens is 1. The monoisotopic (exact) mass is 937 g/mol. The smallest absolute Gasteiger partial charge is 0.343 e. The van der Waals surface area contributed by atoms with Crippen molar-refractivity contribution in [1.29, 1.82) is 0 Å². The van der Waals surface area contributed by atoms with E-state index in [1.165, 1.54) is 6.42 Å². The number of rotatable bonds is 9. The number of ketones is 2. The van der Waals surface area contributed by atoms with Crippen LogP contribution in [-0.2, 0) is 43.7 Å². The molecule has 5 saturated carbocycles. The molecule has 0 spiro atoms. The first kappa shape index (κ1) is 48.2. The molecule has 2 unspecified atom stereocenters. The quantitative estimate of drug-likeness (QED) is 0.274. The number of halogens is 1. The molecule has 0 bridgehead atoms. The first-order valence-electron chi connectivity index (χ1n) is 23.9. The summed E-state index contributed by atoms with van der Waals surface area (Å²) >= 11 is 0. The third-order valence-corrected chi connectivity index (χ3v) is 17.0. The second-order valence-corrected chi connectivity index (χ2v) is 21.6. The lowest BCUT2D eigenvalue weighted by Gasteiger charge is -2.59. The van der Waals surface area contributed by atoms with Gasteiger partial charge in [0, 0.05) is 35.0 Å². The largest absolute Gasteiger partial charge is 1.00 e. The lowest BCUT2D eigenvalue weighted by atomic mass is 9.46. The molecule has 2 N–H and O–H groups in total. The zero-order valence-corrected chi connectivity index (χ0v) is 40.0. The van der Waals surface area contributed by atoms with Crippen LogP contribution in [0.15, 0.2) is 54.1 Å². The minimum atomic E-state index is -1.50. The zero-order valence-electron chi connectivity index (χ0n) is 38.4. The molecule has 0 amide bonds. The Hall–Kier alpha value is -2.74. The Balaban J connectivity index is 0.000000212. The number of benzene rings is 1. The molecule has 0 radical (unpaired) electrons. The number of esters is 2. The maximum absolute atomic E-state index is 14.2. The van der Waals surface area contributed by atoms with Gasteiger partial charge in [-0.25, -0.2) is 4.79 Å². The van der Waals surface area contributed by atoms with Crippen LogP contribution in [0, 0.1) is 46.3 Å². The number of likely N-dealkylation sites (N-methyl/N-ethyl adjacent to an activating group) is 1. The lowest BCUT2D eigenvalue weighted by molar-refractivity contribution is -0.879. The van der Waals surface area contributed by atoms with Gasteiger partial charge < -0.3 is 50.6 Å². The van der Waals surface area contributed by atoms with E-state index in [1.54, 1.807) is 26.0 Å². The molecule has 11 atom stereocenters. The summed E-state index contributed by atoms with van der Waals surface area (Å²) in [6.45, 7) is 9.26. The number of nitrogens with zero attached hydrogens (tertiary/aromatic N) is 1. The van der Waals surface area contributed by atoms with Crippen LogP contribution in [0.4, 0.5) is 0 Å². The molecule has 348 valence electrons. The number of ether oxygens (including phenoxy) is 4. The highest BCUT2D eigenvalue weighted by molar-refractivity contribution is 6.01. The third kappa shape index (κ3) is 8.61. The number of carbonyl (C=O) groups excluding carboxylic acids is 4. The van der Waals surface area contributed by atoms with E-state index in [-0.39, 0.29) is 82.2 Å². The lowest BCUT2D eigenvalue weighted by Crippen LogP contribution is -3.00. The molecule has 7 fully saturated rings. The maximum Gasteiger partial charge on any atom is 0.343 e. The molecule has 1 aromatic carbocycles. The van der Waals surface area contributed by atoms with Gasteiger partial charge in [-0.1, -0.05) is 102 Å². The number of aliphatic hydroxyl groups excluding tert-OH is 1. The van der Waals surface area contributed by atoms with Crippen molar-refractivity contribution in [3.05, 3.63) is 59.7 Å². The molecule has 1 aromatic rings. The number of fused-ring (bicyclic) bond motifs is 7. The van der Waals surface area contributed by atoms with Gasteiger partial charge in [0.15, 0.2) is 36.0 Å². The van der Waals surface area contributed by atoms with Crippen LogP contribution in [-0.4, -0.2) is 102 Å². The van der Waals surface area contributed by atoms with Crippen molar-refractivity contribution >= 4 is 23.5 Å². The van der Waals surface area contributed by atoms with Gasteiger partial charge in [-0.05, 0) is 80.9 Å². The third-order valence-electron chi connectivity index (χ3n) is 17.0. The molecule has 2 aliphatic heterocycles. The van der Waals surface area contributed by atoms with Crippen molar-refractivity contribution in [2.75, 3.05) is 33.8 Å². The highest BCUT2D eigenvalue weighted by atomic mass is 79.9. The molecule has 12 heteroatoms. The summed E-state index contributed by atoms with van der Waals surface area (Å²) in [7, 11) is 4.29. The van der Waals surface area contributed by atoms with E-state index < -0.39 is 47.1 Å². The first-order valence-corrected chi connectivity index (χ1v) is 23.9.